The smallest absolute Gasteiger partial charge is 0.314 e. The Balaban J connectivity index is 2.67. The largest absolute Gasteiger partial charge is 0.363 e. The number of anilines is 1. The molecule has 0 spiro atoms. The molecular weight excluding hydrogens is 232 g/mol. The first kappa shape index (κ1) is 14.4. The predicted molar refractivity (Wildman–Crippen MR) is 71.9 cm³/mol. The molecule has 0 aliphatic heterocycles. The number of nitrogens with one attached hydrogen (secondary N) is 1. The first-order valence-corrected chi connectivity index (χ1v) is 6.16. The first-order valence-electron chi connectivity index (χ1n) is 6.16. The van der Waals surface area contributed by atoms with Crippen LogP contribution in [-0.2, 0) is 0 Å². The lowest BCUT2D eigenvalue weighted by Gasteiger charge is -2.18. The van der Waals surface area contributed by atoms with Gasteiger partial charge >= 0.3 is 5.69 Å². The van der Waals surface area contributed by atoms with E-state index < -0.39 is 0 Å². The lowest BCUT2D eigenvalue weighted by Crippen LogP contribution is -2.28. The Labute approximate surface area is 107 Å². The molecule has 1 N–H and O–H groups in total. The topological polar surface area (TPSA) is 71.3 Å². The minimum Gasteiger partial charge on any atom is -0.363 e. The van der Waals surface area contributed by atoms with Gasteiger partial charge in [-0.2, -0.15) is 0 Å². The molecule has 0 amide bonds. The van der Waals surface area contributed by atoms with E-state index in [1.165, 1.54) is 0 Å². The van der Waals surface area contributed by atoms with Gasteiger partial charge in [-0.25, -0.2) is 4.98 Å². The molecule has 0 saturated carbocycles. The SMILES string of the molecule is CCN(CC)CCNc1nccc(C)c1[N+](=O)[O-]. The summed E-state index contributed by atoms with van der Waals surface area (Å²) in [6.45, 7) is 9.35. The van der Waals surface area contributed by atoms with Crippen LogP contribution in [-0.4, -0.2) is 41.0 Å². The summed E-state index contributed by atoms with van der Waals surface area (Å²) in [4.78, 5) is 16.9. The van der Waals surface area contributed by atoms with E-state index >= 15 is 0 Å². The van der Waals surface area contributed by atoms with Gasteiger partial charge in [0, 0.05) is 24.8 Å². The second-order valence-electron chi connectivity index (χ2n) is 4.04. The van der Waals surface area contributed by atoms with Crippen molar-refractivity contribution in [2.24, 2.45) is 0 Å². The summed E-state index contributed by atoms with van der Waals surface area (Å²) >= 11 is 0. The van der Waals surface area contributed by atoms with Crippen molar-refractivity contribution in [1.29, 1.82) is 0 Å². The molecule has 0 radical (unpaired) electrons. The third-order valence-electron chi connectivity index (χ3n) is 2.92. The van der Waals surface area contributed by atoms with Crippen LogP contribution in [0, 0.1) is 17.0 Å². The summed E-state index contributed by atoms with van der Waals surface area (Å²) in [7, 11) is 0. The van der Waals surface area contributed by atoms with Gasteiger partial charge in [0.05, 0.1) is 4.92 Å². The second-order valence-corrected chi connectivity index (χ2v) is 4.04. The Bertz CT molecular complexity index is 405. The summed E-state index contributed by atoms with van der Waals surface area (Å²) in [5.41, 5.74) is 0.692. The molecule has 0 fully saturated rings. The molecule has 0 aliphatic rings. The highest BCUT2D eigenvalue weighted by molar-refractivity contribution is 5.59. The number of hydrogen-bond donors (Lipinski definition) is 1. The summed E-state index contributed by atoms with van der Waals surface area (Å²) in [5, 5.41) is 14.0. The van der Waals surface area contributed by atoms with Crippen molar-refractivity contribution in [3.05, 3.63) is 27.9 Å². The fraction of sp³-hybridized carbons (Fsp3) is 0.583. The molecular formula is C12H20N4O2. The number of hydrogen-bond acceptors (Lipinski definition) is 5. The Kier molecular flexibility index (Phi) is 5.51. The van der Waals surface area contributed by atoms with Crippen LogP contribution in [0.15, 0.2) is 12.3 Å². The van der Waals surface area contributed by atoms with Gasteiger partial charge in [-0.3, -0.25) is 10.1 Å². The van der Waals surface area contributed by atoms with E-state index in [0.717, 1.165) is 19.6 Å². The summed E-state index contributed by atoms with van der Waals surface area (Å²) in [6.07, 6.45) is 1.59. The number of aryl methyl sites for hydroxylation is 1. The molecule has 6 nitrogen and oxygen atoms in total. The third-order valence-corrected chi connectivity index (χ3v) is 2.92. The van der Waals surface area contributed by atoms with Gasteiger partial charge in [0.15, 0.2) is 0 Å². The molecule has 6 heteroatoms. The monoisotopic (exact) mass is 252 g/mol. The Morgan fingerprint density at radius 1 is 1.44 bits per heavy atom. The van der Waals surface area contributed by atoms with Gasteiger partial charge < -0.3 is 10.2 Å². The van der Waals surface area contributed by atoms with Crippen molar-refractivity contribution >= 4 is 11.5 Å². The maximum Gasteiger partial charge on any atom is 0.314 e. The van der Waals surface area contributed by atoms with Crippen LogP contribution in [0.5, 0.6) is 0 Å². The minimum absolute atomic E-state index is 0.0667. The van der Waals surface area contributed by atoms with Gasteiger partial charge in [-0.05, 0) is 26.1 Å². The summed E-state index contributed by atoms with van der Waals surface area (Å²) in [6, 6.07) is 1.65. The van der Waals surface area contributed by atoms with Gasteiger partial charge in [0.25, 0.3) is 0 Å². The summed E-state index contributed by atoms with van der Waals surface area (Å²) < 4.78 is 0. The maximum absolute atomic E-state index is 11.0. The van der Waals surface area contributed by atoms with E-state index in [1.807, 2.05) is 0 Å². The van der Waals surface area contributed by atoms with Crippen LogP contribution in [0.4, 0.5) is 11.5 Å². The van der Waals surface area contributed by atoms with Crippen molar-refractivity contribution in [2.75, 3.05) is 31.5 Å². The van der Waals surface area contributed by atoms with E-state index in [2.05, 4.69) is 29.0 Å². The highest BCUT2D eigenvalue weighted by atomic mass is 16.6. The molecule has 0 atom stereocenters. The molecule has 1 aromatic rings. The fourth-order valence-electron chi connectivity index (χ4n) is 1.78. The van der Waals surface area contributed by atoms with Gasteiger partial charge in [-0.1, -0.05) is 13.8 Å². The highest BCUT2D eigenvalue weighted by Crippen LogP contribution is 2.24. The molecule has 0 bridgehead atoms. The van der Waals surface area contributed by atoms with Crippen LogP contribution in [0.2, 0.25) is 0 Å². The average Bonchev–Trinajstić information content (AvgIpc) is 2.34. The molecule has 0 unspecified atom stereocenters. The van der Waals surface area contributed by atoms with Crippen LogP contribution in [0.1, 0.15) is 19.4 Å². The first-order chi connectivity index (χ1) is 8.60. The molecule has 100 valence electrons. The third kappa shape index (κ3) is 3.66. The van der Waals surface area contributed by atoms with Crippen molar-refractivity contribution < 1.29 is 4.92 Å². The quantitative estimate of drug-likeness (QED) is 0.594. The van der Waals surface area contributed by atoms with Crippen molar-refractivity contribution in [3.8, 4) is 0 Å². The van der Waals surface area contributed by atoms with E-state index in [4.69, 9.17) is 0 Å². The normalized spacial score (nSPS) is 10.7. The molecule has 1 rings (SSSR count). The molecule has 0 aromatic carbocycles. The van der Waals surface area contributed by atoms with Crippen LogP contribution in [0.3, 0.4) is 0 Å². The zero-order valence-electron chi connectivity index (χ0n) is 11.1. The van der Waals surface area contributed by atoms with E-state index in [-0.39, 0.29) is 10.6 Å². The maximum atomic E-state index is 11.0. The number of likely N-dealkylation sites (N-methyl/N-ethyl adjacent to an activating group) is 1. The van der Waals surface area contributed by atoms with E-state index in [0.29, 0.717) is 17.9 Å². The van der Waals surface area contributed by atoms with Crippen molar-refractivity contribution in [2.45, 2.75) is 20.8 Å². The summed E-state index contributed by atoms with van der Waals surface area (Å²) in [5.74, 6) is 0.354. The number of nitro groups is 1. The molecule has 0 aliphatic carbocycles. The van der Waals surface area contributed by atoms with E-state index in [9.17, 15) is 10.1 Å². The standard InChI is InChI=1S/C12H20N4O2/c1-4-15(5-2)9-8-14-12-11(16(17)18)10(3)6-7-13-12/h6-7H,4-5,8-9H2,1-3H3,(H,13,14). The molecule has 1 aromatic heterocycles. The van der Waals surface area contributed by atoms with Gasteiger partial charge in [-0.15, -0.1) is 0 Å². The molecule has 18 heavy (non-hydrogen) atoms. The van der Waals surface area contributed by atoms with Crippen LogP contribution in [0.25, 0.3) is 0 Å². The molecule has 1 heterocycles. The Hall–Kier alpha value is -1.69. The zero-order chi connectivity index (χ0) is 13.5. The number of aromatic nitrogens is 1. The second kappa shape index (κ2) is 6.90. The van der Waals surface area contributed by atoms with Crippen molar-refractivity contribution in [3.63, 3.8) is 0 Å². The zero-order valence-corrected chi connectivity index (χ0v) is 11.1. The highest BCUT2D eigenvalue weighted by Gasteiger charge is 2.17. The number of rotatable bonds is 7. The Morgan fingerprint density at radius 3 is 2.67 bits per heavy atom. The minimum atomic E-state index is -0.387. The number of pyridine rings is 1. The lowest BCUT2D eigenvalue weighted by atomic mass is 10.2. The van der Waals surface area contributed by atoms with Gasteiger partial charge in [0.2, 0.25) is 5.82 Å². The van der Waals surface area contributed by atoms with Gasteiger partial charge in [0.1, 0.15) is 0 Å². The fourth-order valence-corrected chi connectivity index (χ4v) is 1.78. The Morgan fingerprint density at radius 2 is 2.11 bits per heavy atom. The predicted octanol–water partition coefficient (Wildman–Crippen LogP) is 2.05. The molecule has 0 saturated heterocycles. The van der Waals surface area contributed by atoms with Crippen LogP contribution < -0.4 is 5.32 Å². The average molecular weight is 252 g/mol. The van der Waals surface area contributed by atoms with Crippen LogP contribution >= 0.6 is 0 Å². The number of nitrogens with zero attached hydrogens (tertiary/aromatic N) is 3. The van der Waals surface area contributed by atoms with Crippen molar-refractivity contribution in [1.82, 2.24) is 9.88 Å². The lowest BCUT2D eigenvalue weighted by molar-refractivity contribution is -0.384. The van der Waals surface area contributed by atoms with E-state index in [1.54, 1.807) is 19.2 Å².